The third kappa shape index (κ3) is 3.50. The van der Waals surface area contributed by atoms with Crippen molar-refractivity contribution in [3.05, 3.63) is 16.1 Å². The van der Waals surface area contributed by atoms with Gasteiger partial charge in [0.2, 0.25) is 0 Å². The molecular formula is C13H23N3S. The molecule has 1 aliphatic heterocycles. The van der Waals surface area contributed by atoms with Gasteiger partial charge in [-0.2, -0.15) is 0 Å². The fourth-order valence-corrected chi connectivity index (χ4v) is 3.35. The predicted octanol–water partition coefficient (Wildman–Crippen LogP) is 2.41. The molecule has 0 saturated carbocycles. The summed E-state index contributed by atoms with van der Waals surface area (Å²) < 4.78 is 0. The Morgan fingerprint density at radius 3 is 3.18 bits per heavy atom. The van der Waals surface area contributed by atoms with Crippen LogP contribution in [0, 0.1) is 0 Å². The molecule has 1 aromatic rings. The summed E-state index contributed by atoms with van der Waals surface area (Å²) in [6.07, 6.45) is 6.18. The number of likely N-dealkylation sites (tertiary alicyclic amines) is 1. The van der Waals surface area contributed by atoms with Crippen LogP contribution in [0.5, 0.6) is 0 Å². The van der Waals surface area contributed by atoms with Crippen molar-refractivity contribution in [1.29, 1.82) is 0 Å². The van der Waals surface area contributed by atoms with Gasteiger partial charge in [0.25, 0.3) is 0 Å². The average molecular weight is 253 g/mol. The topological polar surface area (TPSA) is 42.1 Å². The highest BCUT2D eigenvalue weighted by Crippen LogP contribution is 2.20. The van der Waals surface area contributed by atoms with Crippen LogP contribution >= 0.6 is 11.3 Å². The average Bonchev–Trinajstić information content (AvgIpc) is 2.78. The molecule has 2 rings (SSSR count). The first-order valence-corrected chi connectivity index (χ1v) is 7.58. The standard InChI is InChI=1S/C13H23N3S/c1-2-5-11-10-17-13(15-11)9-16-7-4-3-6-12(16)8-14/h10,12H,2-9,14H2,1H3. The van der Waals surface area contributed by atoms with Crippen LogP contribution in [0.3, 0.4) is 0 Å². The van der Waals surface area contributed by atoms with Crippen LogP contribution in [-0.2, 0) is 13.0 Å². The molecule has 1 aliphatic rings. The fourth-order valence-electron chi connectivity index (χ4n) is 2.50. The van der Waals surface area contributed by atoms with E-state index in [4.69, 9.17) is 10.7 Å². The second kappa shape index (κ2) is 6.47. The SMILES string of the molecule is CCCc1csc(CN2CCCCC2CN)n1. The van der Waals surface area contributed by atoms with Crippen LogP contribution in [0.15, 0.2) is 5.38 Å². The minimum atomic E-state index is 0.572. The second-order valence-electron chi connectivity index (χ2n) is 4.84. The summed E-state index contributed by atoms with van der Waals surface area (Å²) in [5, 5.41) is 3.47. The van der Waals surface area contributed by atoms with Gasteiger partial charge in [0.15, 0.2) is 0 Å². The molecule has 1 atom stereocenters. The van der Waals surface area contributed by atoms with Crippen molar-refractivity contribution in [2.24, 2.45) is 5.73 Å². The van der Waals surface area contributed by atoms with Gasteiger partial charge in [-0.05, 0) is 25.8 Å². The molecule has 1 aromatic heterocycles. The number of hydrogen-bond acceptors (Lipinski definition) is 4. The summed E-state index contributed by atoms with van der Waals surface area (Å²) in [6, 6.07) is 0.572. The quantitative estimate of drug-likeness (QED) is 0.876. The molecule has 0 aliphatic carbocycles. The molecular weight excluding hydrogens is 230 g/mol. The highest BCUT2D eigenvalue weighted by Gasteiger charge is 2.21. The summed E-state index contributed by atoms with van der Waals surface area (Å²) in [5.74, 6) is 0. The van der Waals surface area contributed by atoms with Crippen LogP contribution in [0.2, 0.25) is 0 Å². The van der Waals surface area contributed by atoms with Crippen molar-refractivity contribution in [2.45, 2.75) is 51.6 Å². The molecule has 0 radical (unpaired) electrons. The van der Waals surface area contributed by atoms with Gasteiger partial charge in [0.05, 0.1) is 12.2 Å². The van der Waals surface area contributed by atoms with Gasteiger partial charge in [0.1, 0.15) is 5.01 Å². The molecule has 17 heavy (non-hydrogen) atoms. The van der Waals surface area contributed by atoms with Gasteiger partial charge in [0, 0.05) is 18.0 Å². The predicted molar refractivity (Wildman–Crippen MR) is 73.2 cm³/mol. The van der Waals surface area contributed by atoms with Crippen LogP contribution in [0.25, 0.3) is 0 Å². The Morgan fingerprint density at radius 2 is 2.41 bits per heavy atom. The molecule has 2 N–H and O–H groups in total. The lowest BCUT2D eigenvalue weighted by molar-refractivity contribution is 0.144. The van der Waals surface area contributed by atoms with E-state index in [1.165, 1.54) is 42.9 Å². The zero-order chi connectivity index (χ0) is 12.1. The Bertz CT molecular complexity index is 337. The van der Waals surface area contributed by atoms with Crippen LogP contribution in [-0.4, -0.2) is 29.0 Å². The first kappa shape index (κ1) is 13.0. The highest BCUT2D eigenvalue weighted by molar-refractivity contribution is 7.09. The molecule has 0 bridgehead atoms. The van der Waals surface area contributed by atoms with E-state index in [0.29, 0.717) is 6.04 Å². The van der Waals surface area contributed by atoms with Crippen molar-refractivity contribution in [3.63, 3.8) is 0 Å². The Balaban J connectivity index is 1.93. The third-order valence-electron chi connectivity index (χ3n) is 3.46. The first-order chi connectivity index (χ1) is 8.33. The number of nitrogens with zero attached hydrogens (tertiary/aromatic N) is 2. The maximum Gasteiger partial charge on any atom is 0.107 e. The van der Waals surface area contributed by atoms with Crippen molar-refractivity contribution < 1.29 is 0 Å². The molecule has 1 saturated heterocycles. The molecule has 3 nitrogen and oxygen atoms in total. The maximum absolute atomic E-state index is 5.84. The van der Waals surface area contributed by atoms with E-state index in [9.17, 15) is 0 Å². The maximum atomic E-state index is 5.84. The normalized spacial score (nSPS) is 21.9. The molecule has 0 amide bonds. The van der Waals surface area contributed by atoms with Gasteiger partial charge in [-0.3, -0.25) is 4.90 Å². The number of nitrogens with two attached hydrogens (primary N) is 1. The van der Waals surface area contributed by atoms with E-state index < -0.39 is 0 Å². The lowest BCUT2D eigenvalue weighted by Crippen LogP contribution is -2.43. The van der Waals surface area contributed by atoms with Crippen molar-refractivity contribution in [2.75, 3.05) is 13.1 Å². The first-order valence-electron chi connectivity index (χ1n) is 6.71. The highest BCUT2D eigenvalue weighted by atomic mass is 32.1. The minimum Gasteiger partial charge on any atom is -0.329 e. The summed E-state index contributed by atoms with van der Waals surface area (Å²) in [7, 11) is 0. The van der Waals surface area contributed by atoms with Gasteiger partial charge >= 0.3 is 0 Å². The Kier molecular flexibility index (Phi) is 4.95. The van der Waals surface area contributed by atoms with Crippen molar-refractivity contribution >= 4 is 11.3 Å². The second-order valence-corrected chi connectivity index (χ2v) is 5.78. The van der Waals surface area contributed by atoms with Gasteiger partial charge < -0.3 is 5.73 Å². The molecule has 1 unspecified atom stereocenters. The van der Waals surface area contributed by atoms with Crippen molar-refractivity contribution in [1.82, 2.24) is 9.88 Å². The lowest BCUT2D eigenvalue weighted by Gasteiger charge is -2.34. The summed E-state index contributed by atoms with van der Waals surface area (Å²) >= 11 is 1.80. The van der Waals surface area contributed by atoms with Gasteiger partial charge in [-0.25, -0.2) is 4.98 Å². The van der Waals surface area contributed by atoms with E-state index in [1.807, 2.05) is 0 Å². The molecule has 2 heterocycles. The number of aromatic nitrogens is 1. The largest absolute Gasteiger partial charge is 0.329 e. The molecule has 4 heteroatoms. The van der Waals surface area contributed by atoms with E-state index in [-0.39, 0.29) is 0 Å². The minimum absolute atomic E-state index is 0.572. The van der Waals surface area contributed by atoms with Gasteiger partial charge in [-0.1, -0.05) is 19.8 Å². The zero-order valence-corrected chi connectivity index (χ0v) is 11.5. The molecule has 0 aromatic carbocycles. The van der Waals surface area contributed by atoms with Crippen molar-refractivity contribution in [3.8, 4) is 0 Å². The number of aryl methyl sites for hydroxylation is 1. The van der Waals surface area contributed by atoms with E-state index in [1.54, 1.807) is 11.3 Å². The molecule has 96 valence electrons. The monoisotopic (exact) mass is 253 g/mol. The Morgan fingerprint density at radius 1 is 1.53 bits per heavy atom. The third-order valence-corrected chi connectivity index (χ3v) is 4.35. The molecule has 0 spiro atoms. The molecule has 1 fully saturated rings. The summed E-state index contributed by atoms with van der Waals surface area (Å²) in [5.41, 5.74) is 7.10. The van der Waals surface area contributed by atoms with Gasteiger partial charge in [-0.15, -0.1) is 11.3 Å². The number of rotatable bonds is 5. The number of thiazole rings is 1. The van der Waals surface area contributed by atoms with Crippen LogP contribution in [0.4, 0.5) is 0 Å². The van der Waals surface area contributed by atoms with E-state index in [0.717, 1.165) is 19.5 Å². The van der Waals surface area contributed by atoms with Crippen LogP contribution < -0.4 is 5.73 Å². The smallest absolute Gasteiger partial charge is 0.107 e. The summed E-state index contributed by atoms with van der Waals surface area (Å²) in [6.45, 7) is 5.17. The fraction of sp³-hybridized carbons (Fsp3) is 0.769. The zero-order valence-electron chi connectivity index (χ0n) is 10.7. The lowest BCUT2D eigenvalue weighted by atomic mass is 10.0. The number of hydrogen-bond donors (Lipinski definition) is 1. The van der Waals surface area contributed by atoms with E-state index >= 15 is 0 Å². The Labute approximate surface area is 108 Å². The summed E-state index contributed by atoms with van der Waals surface area (Å²) in [4.78, 5) is 7.21. The van der Waals surface area contributed by atoms with Crippen LogP contribution in [0.1, 0.15) is 43.3 Å². The Hall–Kier alpha value is -0.450. The number of piperidine rings is 1. The van der Waals surface area contributed by atoms with E-state index in [2.05, 4.69) is 17.2 Å².